The van der Waals surface area contributed by atoms with Gasteiger partial charge >= 0.3 is 0 Å². The van der Waals surface area contributed by atoms with Crippen molar-refractivity contribution in [2.45, 2.75) is 39.0 Å². The topological polar surface area (TPSA) is 39.1 Å². The normalized spacial score (nSPS) is 26.4. The average Bonchev–Trinajstić information content (AvgIpc) is 2.89. The van der Waals surface area contributed by atoms with Crippen molar-refractivity contribution in [3.05, 3.63) is 16.9 Å². The summed E-state index contributed by atoms with van der Waals surface area (Å²) in [4.78, 5) is 0. The van der Waals surface area contributed by atoms with Crippen molar-refractivity contribution in [3.63, 3.8) is 0 Å². The van der Waals surface area contributed by atoms with Gasteiger partial charge in [-0.15, -0.1) is 0 Å². The van der Waals surface area contributed by atoms with E-state index < -0.39 is 0 Å². The smallest absolute Gasteiger partial charge is 0.0834 e. The second-order valence-corrected chi connectivity index (χ2v) is 4.90. The van der Waals surface area contributed by atoms with Crippen LogP contribution in [0, 0.1) is 5.92 Å². The number of aryl methyl sites for hydroxylation is 1. The number of hydrogen-bond acceptors (Lipinski definition) is 3. The summed E-state index contributed by atoms with van der Waals surface area (Å²) in [5, 5.41) is 8.41. The van der Waals surface area contributed by atoms with Crippen molar-refractivity contribution in [1.29, 1.82) is 0 Å². The zero-order valence-electron chi connectivity index (χ0n) is 10.6. The van der Waals surface area contributed by atoms with E-state index in [1.165, 1.54) is 0 Å². The molecule has 3 atom stereocenters. The lowest BCUT2D eigenvalue weighted by molar-refractivity contribution is 0.0953. The van der Waals surface area contributed by atoms with Crippen LogP contribution in [0.3, 0.4) is 0 Å². The first-order valence-electron chi connectivity index (χ1n) is 6.19. The highest BCUT2D eigenvalue weighted by Gasteiger charge is 2.34. The fourth-order valence-corrected chi connectivity index (χ4v) is 2.93. The van der Waals surface area contributed by atoms with Crippen LogP contribution >= 0.6 is 11.6 Å². The lowest BCUT2D eigenvalue weighted by Crippen LogP contribution is -2.31. The van der Waals surface area contributed by atoms with E-state index in [0.717, 1.165) is 30.3 Å². The standard InChI is InChI=1S/C12H20ClN3O/c1-4-16-12(10(13)7-15-16)11(14-3)9-5-6-17-8(9)2/h7-9,11,14H,4-6H2,1-3H3. The van der Waals surface area contributed by atoms with Crippen molar-refractivity contribution in [2.24, 2.45) is 5.92 Å². The van der Waals surface area contributed by atoms with E-state index in [4.69, 9.17) is 16.3 Å². The molecule has 1 saturated heterocycles. The van der Waals surface area contributed by atoms with Crippen molar-refractivity contribution < 1.29 is 4.74 Å². The van der Waals surface area contributed by atoms with Gasteiger partial charge < -0.3 is 10.1 Å². The molecule has 1 aliphatic rings. The summed E-state index contributed by atoms with van der Waals surface area (Å²) in [6.07, 6.45) is 3.06. The molecule has 1 aromatic rings. The number of nitrogens with zero attached hydrogens (tertiary/aromatic N) is 2. The number of hydrogen-bond donors (Lipinski definition) is 1. The molecule has 96 valence electrons. The Labute approximate surface area is 107 Å². The summed E-state index contributed by atoms with van der Waals surface area (Å²) < 4.78 is 7.61. The van der Waals surface area contributed by atoms with Crippen LogP contribution in [-0.2, 0) is 11.3 Å². The third-order valence-corrected chi connectivity index (χ3v) is 3.89. The molecule has 2 rings (SSSR count). The maximum Gasteiger partial charge on any atom is 0.0834 e. The molecule has 0 aliphatic carbocycles. The molecule has 2 heterocycles. The Kier molecular flexibility index (Phi) is 4.07. The van der Waals surface area contributed by atoms with Gasteiger partial charge in [0.2, 0.25) is 0 Å². The first-order chi connectivity index (χ1) is 8.19. The Bertz CT molecular complexity index is 380. The van der Waals surface area contributed by atoms with Crippen LogP contribution in [0.2, 0.25) is 5.02 Å². The molecule has 3 unspecified atom stereocenters. The lowest BCUT2D eigenvalue weighted by atomic mass is 9.91. The summed E-state index contributed by atoms with van der Waals surface area (Å²) in [6.45, 7) is 5.88. The molecule has 5 heteroatoms. The van der Waals surface area contributed by atoms with Gasteiger partial charge in [-0.05, 0) is 27.3 Å². The minimum atomic E-state index is 0.211. The summed E-state index contributed by atoms with van der Waals surface area (Å²) in [5.41, 5.74) is 1.08. The number of aromatic nitrogens is 2. The molecular formula is C12H20ClN3O. The molecule has 0 amide bonds. The van der Waals surface area contributed by atoms with Crippen molar-refractivity contribution >= 4 is 11.6 Å². The molecule has 1 N–H and O–H groups in total. The second-order valence-electron chi connectivity index (χ2n) is 4.49. The molecule has 0 bridgehead atoms. The fraction of sp³-hybridized carbons (Fsp3) is 0.750. The lowest BCUT2D eigenvalue weighted by Gasteiger charge is -2.26. The van der Waals surface area contributed by atoms with E-state index in [1.54, 1.807) is 6.20 Å². The molecule has 0 radical (unpaired) electrons. The Morgan fingerprint density at radius 1 is 1.71 bits per heavy atom. The van der Waals surface area contributed by atoms with E-state index in [2.05, 4.69) is 24.3 Å². The van der Waals surface area contributed by atoms with Gasteiger partial charge in [0.05, 0.1) is 29.1 Å². The van der Waals surface area contributed by atoms with Crippen LogP contribution in [0.15, 0.2) is 6.20 Å². The van der Waals surface area contributed by atoms with Gasteiger partial charge in [-0.3, -0.25) is 4.68 Å². The van der Waals surface area contributed by atoms with E-state index in [1.807, 2.05) is 11.7 Å². The highest BCUT2D eigenvalue weighted by molar-refractivity contribution is 6.31. The number of rotatable bonds is 4. The molecule has 17 heavy (non-hydrogen) atoms. The summed E-state index contributed by atoms with van der Waals surface area (Å²) in [5.74, 6) is 0.458. The molecule has 1 aliphatic heterocycles. The number of halogens is 1. The van der Waals surface area contributed by atoms with Crippen LogP contribution < -0.4 is 5.32 Å². The van der Waals surface area contributed by atoms with Gasteiger partial charge in [0.25, 0.3) is 0 Å². The van der Waals surface area contributed by atoms with Gasteiger partial charge in [0, 0.05) is 19.1 Å². The fourth-order valence-electron chi connectivity index (χ4n) is 2.67. The molecule has 1 aromatic heterocycles. The first kappa shape index (κ1) is 12.9. The van der Waals surface area contributed by atoms with Gasteiger partial charge in [0.15, 0.2) is 0 Å². The average molecular weight is 258 g/mol. The Morgan fingerprint density at radius 2 is 2.47 bits per heavy atom. The van der Waals surface area contributed by atoms with Gasteiger partial charge in [-0.1, -0.05) is 11.6 Å². The summed E-state index contributed by atoms with van der Waals surface area (Å²) in [6, 6.07) is 0.211. The summed E-state index contributed by atoms with van der Waals surface area (Å²) >= 11 is 6.26. The minimum Gasteiger partial charge on any atom is -0.378 e. The van der Waals surface area contributed by atoms with Crippen LogP contribution in [0.5, 0.6) is 0 Å². The molecule has 4 nitrogen and oxygen atoms in total. The molecule has 0 spiro atoms. The largest absolute Gasteiger partial charge is 0.378 e. The molecule has 0 saturated carbocycles. The van der Waals surface area contributed by atoms with Crippen molar-refractivity contribution in [3.8, 4) is 0 Å². The Balaban J connectivity index is 2.31. The van der Waals surface area contributed by atoms with E-state index in [-0.39, 0.29) is 12.1 Å². The predicted octanol–water partition coefficient (Wildman–Crippen LogP) is 2.24. The Morgan fingerprint density at radius 3 is 3.00 bits per heavy atom. The van der Waals surface area contributed by atoms with Crippen molar-refractivity contribution in [1.82, 2.24) is 15.1 Å². The molecule has 1 fully saturated rings. The Hall–Kier alpha value is -0.580. The quantitative estimate of drug-likeness (QED) is 0.899. The third kappa shape index (κ3) is 2.34. The van der Waals surface area contributed by atoms with E-state index in [9.17, 15) is 0 Å². The van der Waals surface area contributed by atoms with Gasteiger partial charge in [-0.25, -0.2) is 0 Å². The highest BCUT2D eigenvalue weighted by atomic mass is 35.5. The van der Waals surface area contributed by atoms with Crippen LogP contribution in [0.1, 0.15) is 32.0 Å². The van der Waals surface area contributed by atoms with Gasteiger partial charge in [-0.2, -0.15) is 5.10 Å². The maximum atomic E-state index is 6.26. The van der Waals surface area contributed by atoms with Crippen LogP contribution in [0.25, 0.3) is 0 Å². The zero-order chi connectivity index (χ0) is 12.4. The predicted molar refractivity (Wildman–Crippen MR) is 68.2 cm³/mol. The third-order valence-electron chi connectivity index (χ3n) is 3.60. The SMILES string of the molecule is CCn1ncc(Cl)c1C(NC)C1CCOC1C. The molecular weight excluding hydrogens is 238 g/mol. The second kappa shape index (κ2) is 5.38. The highest BCUT2D eigenvalue weighted by Crippen LogP contribution is 2.35. The zero-order valence-corrected chi connectivity index (χ0v) is 11.4. The maximum absolute atomic E-state index is 6.26. The van der Waals surface area contributed by atoms with Crippen LogP contribution in [-0.4, -0.2) is 29.5 Å². The number of nitrogens with one attached hydrogen (secondary N) is 1. The first-order valence-corrected chi connectivity index (χ1v) is 6.56. The number of ether oxygens (including phenoxy) is 1. The van der Waals surface area contributed by atoms with Crippen molar-refractivity contribution in [2.75, 3.05) is 13.7 Å². The summed E-state index contributed by atoms with van der Waals surface area (Å²) in [7, 11) is 1.97. The minimum absolute atomic E-state index is 0.211. The monoisotopic (exact) mass is 257 g/mol. The van der Waals surface area contributed by atoms with E-state index >= 15 is 0 Å². The van der Waals surface area contributed by atoms with Crippen LogP contribution in [0.4, 0.5) is 0 Å². The van der Waals surface area contributed by atoms with E-state index in [0.29, 0.717) is 5.92 Å². The molecule has 0 aromatic carbocycles. The van der Waals surface area contributed by atoms with Gasteiger partial charge in [0.1, 0.15) is 0 Å².